The summed E-state index contributed by atoms with van der Waals surface area (Å²) in [7, 11) is 0. The van der Waals surface area contributed by atoms with Crippen LogP contribution < -0.4 is 10.5 Å². The molecule has 1 aromatic carbocycles. The Kier molecular flexibility index (Phi) is 6.26. The van der Waals surface area contributed by atoms with Crippen molar-refractivity contribution in [3.8, 4) is 5.75 Å². The highest BCUT2D eigenvalue weighted by Crippen LogP contribution is 2.26. The van der Waals surface area contributed by atoms with Crippen molar-refractivity contribution in [3.63, 3.8) is 0 Å². The molecular formula is C19H21ClFN3O3. The number of primary amides is 1. The summed E-state index contributed by atoms with van der Waals surface area (Å²) in [4.78, 5) is 17.8. The quantitative estimate of drug-likeness (QED) is 0.781. The Hall–Kier alpha value is -2.22. The van der Waals surface area contributed by atoms with E-state index in [0.717, 1.165) is 5.69 Å². The van der Waals surface area contributed by atoms with Crippen molar-refractivity contribution >= 4 is 17.5 Å². The lowest BCUT2D eigenvalue weighted by atomic mass is 9.97. The summed E-state index contributed by atoms with van der Waals surface area (Å²) in [6.45, 7) is 2.20. The van der Waals surface area contributed by atoms with E-state index in [1.54, 1.807) is 30.3 Å². The van der Waals surface area contributed by atoms with Crippen molar-refractivity contribution in [1.82, 2.24) is 9.88 Å². The molecule has 1 aromatic heterocycles. The van der Waals surface area contributed by atoms with Gasteiger partial charge in [-0.3, -0.25) is 14.7 Å². The molecule has 1 saturated heterocycles. The van der Waals surface area contributed by atoms with Crippen LogP contribution in [0.2, 0.25) is 5.02 Å². The number of hydrogen-bond acceptors (Lipinski definition) is 5. The number of carbonyl (C=O) groups is 1. The average Bonchev–Trinajstić information content (AvgIpc) is 2.62. The molecule has 1 aliphatic heterocycles. The van der Waals surface area contributed by atoms with Crippen molar-refractivity contribution in [2.75, 3.05) is 26.3 Å². The van der Waals surface area contributed by atoms with Gasteiger partial charge in [-0.25, -0.2) is 4.39 Å². The van der Waals surface area contributed by atoms with Crippen LogP contribution in [0.25, 0.3) is 0 Å². The van der Waals surface area contributed by atoms with E-state index < -0.39 is 11.5 Å². The minimum absolute atomic E-state index is 0.0287. The Balaban J connectivity index is 1.70. The van der Waals surface area contributed by atoms with Gasteiger partial charge < -0.3 is 15.2 Å². The van der Waals surface area contributed by atoms with Crippen LogP contribution in [0, 0.1) is 5.82 Å². The van der Waals surface area contributed by atoms with E-state index in [9.17, 15) is 9.18 Å². The molecule has 1 fully saturated rings. The summed E-state index contributed by atoms with van der Waals surface area (Å²) in [5.74, 6) is -0.252. The Morgan fingerprint density at radius 1 is 1.41 bits per heavy atom. The van der Waals surface area contributed by atoms with Crippen LogP contribution in [0.1, 0.15) is 12.1 Å². The molecule has 0 bridgehead atoms. The summed E-state index contributed by atoms with van der Waals surface area (Å²) in [6.07, 6.45) is 1.22. The number of benzene rings is 1. The summed E-state index contributed by atoms with van der Waals surface area (Å²) in [6, 6.07) is 10.0. The zero-order chi connectivity index (χ0) is 19.3. The van der Waals surface area contributed by atoms with Crippen LogP contribution in [0.15, 0.2) is 42.6 Å². The molecule has 0 radical (unpaired) electrons. The minimum atomic E-state index is -0.869. The standard InChI is InChI=1S/C19H21ClFN3O3/c20-14-2-1-3-17(8-14)26-13-19(9-18(22)25)12-24(6-7-27-19)11-16-5-4-15(21)10-23-16/h1-5,8,10H,6-7,9,11-13H2,(H2,22,25). The normalized spacial score (nSPS) is 20.4. The van der Waals surface area contributed by atoms with Gasteiger partial charge in [0.2, 0.25) is 5.91 Å². The van der Waals surface area contributed by atoms with Gasteiger partial charge >= 0.3 is 0 Å². The molecule has 0 saturated carbocycles. The number of carbonyl (C=O) groups excluding carboxylic acids is 1. The van der Waals surface area contributed by atoms with E-state index in [1.807, 2.05) is 0 Å². The lowest BCUT2D eigenvalue weighted by molar-refractivity contribution is -0.148. The lowest BCUT2D eigenvalue weighted by Crippen LogP contribution is -2.56. The lowest BCUT2D eigenvalue weighted by Gasteiger charge is -2.41. The largest absolute Gasteiger partial charge is 0.490 e. The number of amides is 1. The topological polar surface area (TPSA) is 77.7 Å². The summed E-state index contributed by atoms with van der Waals surface area (Å²) < 4.78 is 24.8. The second-order valence-electron chi connectivity index (χ2n) is 6.60. The zero-order valence-corrected chi connectivity index (χ0v) is 15.5. The van der Waals surface area contributed by atoms with Gasteiger partial charge in [-0.2, -0.15) is 0 Å². The van der Waals surface area contributed by atoms with Crippen molar-refractivity contribution in [2.24, 2.45) is 5.73 Å². The Morgan fingerprint density at radius 3 is 2.96 bits per heavy atom. The van der Waals surface area contributed by atoms with Gasteiger partial charge in [0.25, 0.3) is 0 Å². The SMILES string of the molecule is NC(=O)CC1(COc2cccc(Cl)c2)CN(Cc2ccc(F)cn2)CCO1. The van der Waals surface area contributed by atoms with Crippen LogP contribution in [0.4, 0.5) is 4.39 Å². The Bertz CT molecular complexity index is 790. The van der Waals surface area contributed by atoms with Gasteiger partial charge in [0.15, 0.2) is 0 Å². The van der Waals surface area contributed by atoms with Crippen molar-refractivity contribution in [3.05, 3.63) is 59.1 Å². The van der Waals surface area contributed by atoms with E-state index in [1.165, 1.54) is 12.3 Å². The molecule has 1 unspecified atom stereocenters. The smallest absolute Gasteiger partial charge is 0.220 e. The van der Waals surface area contributed by atoms with Crippen LogP contribution in [-0.4, -0.2) is 47.7 Å². The molecule has 2 heterocycles. The molecular weight excluding hydrogens is 373 g/mol. The van der Waals surface area contributed by atoms with Gasteiger partial charge in [-0.05, 0) is 30.3 Å². The van der Waals surface area contributed by atoms with Gasteiger partial charge in [0.05, 0.1) is 24.9 Å². The van der Waals surface area contributed by atoms with E-state index in [-0.39, 0.29) is 18.8 Å². The third-order valence-electron chi connectivity index (χ3n) is 4.30. The highest BCUT2D eigenvalue weighted by molar-refractivity contribution is 6.30. The number of aromatic nitrogens is 1. The fourth-order valence-corrected chi connectivity index (χ4v) is 3.30. The van der Waals surface area contributed by atoms with Crippen molar-refractivity contribution in [2.45, 2.75) is 18.6 Å². The first kappa shape index (κ1) is 19.5. The maximum atomic E-state index is 13.0. The molecule has 1 atom stereocenters. The summed E-state index contributed by atoms with van der Waals surface area (Å²) >= 11 is 5.98. The van der Waals surface area contributed by atoms with E-state index in [0.29, 0.717) is 37.0 Å². The first-order chi connectivity index (χ1) is 12.9. The van der Waals surface area contributed by atoms with E-state index in [2.05, 4.69) is 9.88 Å². The van der Waals surface area contributed by atoms with Gasteiger partial charge in [-0.15, -0.1) is 0 Å². The first-order valence-electron chi connectivity index (χ1n) is 8.58. The van der Waals surface area contributed by atoms with Gasteiger partial charge in [0, 0.05) is 24.7 Å². The number of hydrogen-bond donors (Lipinski definition) is 1. The number of nitrogens with zero attached hydrogens (tertiary/aromatic N) is 2. The monoisotopic (exact) mass is 393 g/mol. The predicted octanol–water partition coefficient (Wildman–Crippen LogP) is 2.40. The highest BCUT2D eigenvalue weighted by Gasteiger charge is 2.39. The summed E-state index contributed by atoms with van der Waals surface area (Å²) in [5, 5.41) is 0.560. The molecule has 144 valence electrons. The third kappa shape index (κ3) is 5.63. The number of morpholine rings is 1. The number of pyridine rings is 1. The third-order valence-corrected chi connectivity index (χ3v) is 4.53. The fourth-order valence-electron chi connectivity index (χ4n) is 3.12. The van der Waals surface area contributed by atoms with Crippen LogP contribution in [-0.2, 0) is 16.1 Å². The number of halogens is 2. The number of nitrogens with two attached hydrogens (primary N) is 1. The van der Waals surface area contributed by atoms with Gasteiger partial charge in [-0.1, -0.05) is 17.7 Å². The molecule has 1 amide bonds. The Morgan fingerprint density at radius 2 is 2.26 bits per heavy atom. The number of rotatable bonds is 7. The maximum absolute atomic E-state index is 13.0. The molecule has 3 rings (SSSR count). The fraction of sp³-hybridized carbons (Fsp3) is 0.368. The highest BCUT2D eigenvalue weighted by atomic mass is 35.5. The van der Waals surface area contributed by atoms with Gasteiger partial charge in [0.1, 0.15) is 23.8 Å². The predicted molar refractivity (Wildman–Crippen MR) is 98.9 cm³/mol. The zero-order valence-electron chi connectivity index (χ0n) is 14.7. The van der Waals surface area contributed by atoms with Crippen LogP contribution in [0.3, 0.4) is 0 Å². The summed E-state index contributed by atoms with van der Waals surface area (Å²) in [5.41, 5.74) is 5.32. The van der Waals surface area contributed by atoms with Crippen molar-refractivity contribution < 1.29 is 18.7 Å². The molecule has 2 N–H and O–H groups in total. The average molecular weight is 394 g/mol. The molecule has 2 aromatic rings. The second kappa shape index (κ2) is 8.65. The molecule has 6 nitrogen and oxygen atoms in total. The van der Waals surface area contributed by atoms with E-state index >= 15 is 0 Å². The number of ether oxygens (including phenoxy) is 2. The van der Waals surface area contributed by atoms with Crippen LogP contribution >= 0.6 is 11.6 Å². The Labute approximate surface area is 162 Å². The van der Waals surface area contributed by atoms with E-state index in [4.69, 9.17) is 26.8 Å². The molecule has 1 aliphatic rings. The van der Waals surface area contributed by atoms with Crippen molar-refractivity contribution in [1.29, 1.82) is 0 Å². The minimum Gasteiger partial charge on any atom is -0.490 e. The first-order valence-corrected chi connectivity index (χ1v) is 8.95. The molecule has 0 spiro atoms. The second-order valence-corrected chi connectivity index (χ2v) is 7.04. The maximum Gasteiger partial charge on any atom is 0.220 e. The van der Waals surface area contributed by atoms with Crippen LogP contribution in [0.5, 0.6) is 5.75 Å². The molecule has 8 heteroatoms. The molecule has 0 aliphatic carbocycles. The molecule has 27 heavy (non-hydrogen) atoms.